The molecule has 0 aromatic heterocycles. The van der Waals surface area contributed by atoms with E-state index in [1.165, 1.54) is 0 Å². The lowest BCUT2D eigenvalue weighted by Gasteiger charge is -2.32. The average molecular weight is 315 g/mol. The van der Waals surface area contributed by atoms with E-state index >= 15 is 0 Å². The Kier molecular flexibility index (Phi) is 13.6. The first-order valence-electron chi connectivity index (χ1n) is 6.30. The third-order valence-corrected chi connectivity index (χ3v) is 6.54. The lowest BCUT2D eigenvalue weighted by molar-refractivity contribution is 0.321. The van der Waals surface area contributed by atoms with Crippen LogP contribution < -0.4 is 0 Å². The molecule has 110 valence electrons. The minimum atomic E-state index is 0.234. The highest BCUT2D eigenvalue weighted by Gasteiger charge is 2.27. The van der Waals surface area contributed by atoms with E-state index in [0.717, 1.165) is 40.9 Å². The van der Waals surface area contributed by atoms with Crippen LogP contribution in [0.5, 0.6) is 0 Å². The SMILES string of the molecule is CCC(CSCCO)(CSCCO)CSCCO. The highest BCUT2D eigenvalue weighted by atomic mass is 32.2. The largest absolute Gasteiger partial charge is 0.396 e. The third-order valence-electron chi connectivity index (χ3n) is 2.68. The summed E-state index contributed by atoms with van der Waals surface area (Å²) in [4.78, 5) is 0. The first-order valence-corrected chi connectivity index (χ1v) is 9.77. The van der Waals surface area contributed by atoms with Crippen LogP contribution in [-0.2, 0) is 0 Å². The normalized spacial score (nSPS) is 12.0. The molecular weight excluding hydrogens is 288 g/mol. The van der Waals surface area contributed by atoms with Crippen molar-refractivity contribution in [2.24, 2.45) is 5.41 Å². The smallest absolute Gasteiger partial charge is 0.0521 e. The van der Waals surface area contributed by atoms with Gasteiger partial charge in [-0.2, -0.15) is 35.3 Å². The van der Waals surface area contributed by atoms with Crippen molar-refractivity contribution in [3.05, 3.63) is 0 Å². The van der Waals surface area contributed by atoms with Crippen molar-refractivity contribution in [2.45, 2.75) is 13.3 Å². The highest BCUT2D eigenvalue weighted by Crippen LogP contribution is 2.34. The van der Waals surface area contributed by atoms with Gasteiger partial charge in [-0.3, -0.25) is 0 Å². The zero-order valence-electron chi connectivity index (χ0n) is 11.1. The van der Waals surface area contributed by atoms with Crippen LogP contribution in [0.1, 0.15) is 13.3 Å². The van der Waals surface area contributed by atoms with Gasteiger partial charge < -0.3 is 15.3 Å². The molecule has 0 aliphatic rings. The Bertz CT molecular complexity index is 155. The van der Waals surface area contributed by atoms with Gasteiger partial charge in [0, 0.05) is 34.5 Å². The summed E-state index contributed by atoms with van der Waals surface area (Å²) in [6, 6.07) is 0. The molecule has 0 saturated carbocycles. The van der Waals surface area contributed by atoms with Crippen molar-refractivity contribution in [1.29, 1.82) is 0 Å². The molecule has 0 aromatic carbocycles. The standard InChI is InChI=1S/C12H26O3S3/c1-2-12(9-16-6-3-13,10-17-7-4-14)11-18-8-5-15/h13-15H,2-11H2,1H3. The van der Waals surface area contributed by atoms with Gasteiger partial charge in [0.05, 0.1) is 19.8 Å². The van der Waals surface area contributed by atoms with Crippen LogP contribution in [0.3, 0.4) is 0 Å². The van der Waals surface area contributed by atoms with Gasteiger partial charge in [-0.15, -0.1) is 0 Å². The molecular formula is C12H26O3S3. The molecule has 0 aliphatic heterocycles. The van der Waals surface area contributed by atoms with Crippen LogP contribution in [0.2, 0.25) is 0 Å². The van der Waals surface area contributed by atoms with E-state index in [9.17, 15) is 0 Å². The summed E-state index contributed by atoms with van der Waals surface area (Å²) in [6.07, 6.45) is 1.10. The molecule has 3 N–H and O–H groups in total. The van der Waals surface area contributed by atoms with Gasteiger partial charge in [-0.05, 0) is 11.8 Å². The molecule has 0 amide bonds. The van der Waals surface area contributed by atoms with Crippen LogP contribution >= 0.6 is 35.3 Å². The Labute approximate surface area is 124 Å². The summed E-state index contributed by atoms with van der Waals surface area (Å²) in [7, 11) is 0. The van der Waals surface area contributed by atoms with Crippen LogP contribution in [0, 0.1) is 5.41 Å². The first kappa shape index (κ1) is 18.9. The van der Waals surface area contributed by atoms with E-state index in [4.69, 9.17) is 15.3 Å². The fourth-order valence-electron chi connectivity index (χ4n) is 1.49. The summed E-state index contributed by atoms with van der Waals surface area (Å²) in [5.41, 5.74) is 0.250. The fourth-order valence-corrected chi connectivity index (χ4v) is 5.22. The second kappa shape index (κ2) is 12.9. The molecule has 3 nitrogen and oxygen atoms in total. The van der Waals surface area contributed by atoms with Crippen molar-refractivity contribution < 1.29 is 15.3 Å². The third kappa shape index (κ3) is 8.93. The summed E-state index contributed by atoms with van der Waals surface area (Å²) in [6.45, 7) is 2.91. The molecule has 0 spiro atoms. The lowest BCUT2D eigenvalue weighted by Crippen LogP contribution is -2.30. The predicted octanol–water partition coefficient (Wildman–Crippen LogP) is 1.56. The molecule has 18 heavy (non-hydrogen) atoms. The molecule has 0 bridgehead atoms. The highest BCUT2D eigenvalue weighted by molar-refractivity contribution is 8.01. The zero-order valence-corrected chi connectivity index (χ0v) is 13.6. The Balaban J connectivity index is 4.20. The van der Waals surface area contributed by atoms with Crippen molar-refractivity contribution in [3.8, 4) is 0 Å². The average Bonchev–Trinajstić information content (AvgIpc) is 2.39. The van der Waals surface area contributed by atoms with Crippen molar-refractivity contribution in [3.63, 3.8) is 0 Å². The molecule has 0 heterocycles. The van der Waals surface area contributed by atoms with Gasteiger partial charge in [0.15, 0.2) is 0 Å². The maximum absolute atomic E-state index is 8.87. The monoisotopic (exact) mass is 314 g/mol. The number of rotatable bonds is 13. The fraction of sp³-hybridized carbons (Fsp3) is 1.00. The van der Waals surface area contributed by atoms with Gasteiger partial charge in [0.1, 0.15) is 0 Å². The predicted molar refractivity (Wildman–Crippen MR) is 86.0 cm³/mol. The Morgan fingerprint density at radius 3 is 1.28 bits per heavy atom. The number of hydrogen-bond acceptors (Lipinski definition) is 6. The summed E-state index contributed by atoms with van der Waals surface area (Å²) in [5.74, 6) is 5.49. The molecule has 0 atom stereocenters. The van der Waals surface area contributed by atoms with E-state index in [0.29, 0.717) is 0 Å². The van der Waals surface area contributed by atoms with Gasteiger partial charge >= 0.3 is 0 Å². The molecule has 0 aliphatic carbocycles. The van der Waals surface area contributed by atoms with Crippen molar-refractivity contribution in [2.75, 3.05) is 54.3 Å². The van der Waals surface area contributed by atoms with E-state index in [1.54, 1.807) is 35.3 Å². The Morgan fingerprint density at radius 1 is 0.722 bits per heavy atom. The number of aliphatic hydroxyl groups excluding tert-OH is 3. The van der Waals surface area contributed by atoms with Crippen molar-refractivity contribution >= 4 is 35.3 Å². The molecule has 0 rings (SSSR count). The summed E-state index contributed by atoms with van der Waals surface area (Å²) in [5, 5.41) is 26.6. The second-order valence-electron chi connectivity index (χ2n) is 4.18. The van der Waals surface area contributed by atoms with Gasteiger partial charge in [-0.1, -0.05) is 6.92 Å². The minimum absolute atomic E-state index is 0.234. The molecule has 0 unspecified atom stereocenters. The summed E-state index contributed by atoms with van der Waals surface area (Å²) < 4.78 is 0. The molecule has 0 radical (unpaired) electrons. The van der Waals surface area contributed by atoms with Gasteiger partial charge in [0.2, 0.25) is 0 Å². The summed E-state index contributed by atoms with van der Waals surface area (Å²) >= 11 is 5.40. The zero-order chi connectivity index (χ0) is 13.7. The molecule has 0 aromatic rings. The Morgan fingerprint density at radius 2 is 1.06 bits per heavy atom. The van der Waals surface area contributed by atoms with Crippen LogP contribution in [0.15, 0.2) is 0 Å². The minimum Gasteiger partial charge on any atom is -0.396 e. The van der Waals surface area contributed by atoms with Gasteiger partial charge in [-0.25, -0.2) is 0 Å². The maximum atomic E-state index is 8.87. The van der Waals surface area contributed by atoms with E-state index in [1.807, 2.05) is 0 Å². The lowest BCUT2D eigenvalue weighted by atomic mass is 9.92. The Hall–Kier alpha value is 0.930. The number of aliphatic hydroxyl groups is 3. The molecule has 0 fully saturated rings. The molecule has 6 heteroatoms. The topological polar surface area (TPSA) is 60.7 Å². The first-order chi connectivity index (χ1) is 8.74. The van der Waals surface area contributed by atoms with Crippen LogP contribution in [0.4, 0.5) is 0 Å². The van der Waals surface area contributed by atoms with Crippen LogP contribution in [0.25, 0.3) is 0 Å². The number of thioether (sulfide) groups is 3. The van der Waals surface area contributed by atoms with Gasteiger partial charge in [0.25, 0.3) is 0 Å². The van der Waals surface area contributed by atoms with E-state index < -0.39 is 0 Å². The molecule has 0 saturated heterocycles. The number of hydrogen-bond donors (Lipinski definition) is 3. The van der Waals surface area contributed by atoms with E-state index in [2.05, 4.69) is 6.92 Å². The quantitative estimate of drug-likeness (QED) is 0.449. The second-order valence-corrected chi connectivity index (χ2v) is 7.50. The van der Waals surface area contributed by atoms with Crippen molar-refractivity contribution in [1.82, 2.24) is 0 Å². The maximum Gasteiger partial charge on any atom is 0.0521 e. The van der Waals surface area contributed by atoms with Crippen LogP contribution in [-0.4, -0.2) is 69.7 Å². The van der Waals surface area contributed by atoms with E-state index in [-0.39, 0.29) is 25.2 Å².